The fraction of sp³-hybridized carbons (Fsp3) is 0.650. The van der Waals surface area contributed by atoms with Crippen LogP contribution in [0, 0.1) is 11.8 Å². The average Bonchev–Trinajstić information content (AvgIpc) is 3.20. The van der Waals surface area contributed by atoms with Gasteiger partial charge in [0.2, 0.25) is 11.8 Å². The van der Waals surface area contributed by atoms with E-state index >= 15 is 0 Å². The van der Waals surface area contributed by atoms with Crippen molar-refractivity contribution in [3.63, 3.8) is 0 Å². The van der Waals surface area contributed by atoms with Crippen LogP contribution in [0.4, 0.5) is 0 Å². The van der Waals surface area contributed by atoms with Crippen LogP contribution in [0.3, 0.4) is 0 Å². The molecule has 0 atom stereocenters. The van der Waals surface area contributed by atoms with E-state index in [0.29, 0.717) is 45.0 Å². The van der Waals surface area contributed by atoms with Gasteiger partial charge in [0, 0.05) is 51.1 Å². The Hall–Kier alpha value is -2.31. The summed E-state index contributed by atoms with van der Waals surface area (Å²) in [5.41, 5.74) is 0. The summed E-state index contributed by atoms with van der Waals surface area (Å²) in [4.78, 5) is 43.1. The molecule has 1 saturated carbocycles. The van der Waals surface area contributed by atoms with E-state index in [1.54, 1.807) is 17.0 Å². The minimum absolute atomic E-state index is 0.00256. The first-order valence-electron chi connectivity index (χ1n) is 10.0. The quantitative estimate of drug-likeness (QED) is 0.807. The molecule has 0 N–H and O–H groups in total. The third kappa shape index (κ3) is 3.73. The van der Waals surface area contributed by atoms with Gasteiger partial charge in [0.15, 0.2) is 5.76 Å². The first kappa shape index (κ1) is 18.1. The second-order valence-electron chi connectivity index (χ2n) is 7.82. The first-order valence-corrected chi connectivity index (χ1v) is 10.0. The zero-order chi connectivity index (χ0) is 18.8. The van der Waals surface area contributed by atoms with Crippen LogP contribution in [0.15, 0.2) is 22.8 Å². The molecule has 4 rings (SSSR count). The van der Waals surface area contributed by atoms with E-state index in [0.717, 1.165) is 25.7 Å². The van der Waals surface area contributed by atoms with Crippen LogP contribution in [-0.4, -0.2) is 71.7 Å². The fourth-order valence-electron chi connectivity index (χ4n) is 4.20. The van der Waals surface area contributed by atoms with Gasteiger partial charge < -0.3 is 19.1 Å². The zero-order valence-corrected chi connectivity index (χ0v) is 15.6. The summed E-state index contributed by atoms with van der Waals surface area (Å²) in [6.07, 6.45) is 6.22. The van der Waals surface area contributed by atoms with Crippen LogP contribution in [0.2, 0.25) is 0 Å². The molecule has 3 amide bonds. The maximum absolute atomic E-state index is 12.8. The first-order chi connectivity index (χ1) is 13.1. The van der Waals surface area contributed by atoms with E-state index in [-0.39, 0.29) is 29.6 Å². The van der Waals surface area contributed by atoms with Crippen LogP contribution in [0.5, 0.6) is 0 Å². The molecule has 7 heteroatoms. The van der Waals surface area contributed by atoms with Gasteiger partial charge in [-0.15, -0.1) is 0 Å². The Morgan fingerprint density at radius 3 is 1.85 bits per heavy atom. The highest BCUT2D eigenvalue weighted by Crippen LogP contribution is 2.30. The van der Waals surface area contributed by atoms with E-state index in [4.69, 9.17) is 4.42 Å². The van der Waals surface area contributed by atoms with Gasteiger partial charge in [-0.1, -0.05) is 6.42 Å². The Kier molecular flexibility index (Phi) is 5.18. The molecule has 0 spiro atoms. The summed E-state index contributed by atoms with van der Waals surface area (Å²) < 4.78 is 5.17. The predicted molar refractivity (Wildman–Crippen MR) is 97.8 cm³/mol. The summed E-state index contributed by atoms with van der Waals surface area (Å²) in [7, 11) is 0. The number of hydrogen-bond donors (Lipinski definition) is 0. The van der Waals surface area contributed by atoms with Gasteiger partial charge in [0.25, 0.3) is 5.91 Å². The summed E-state index contributed by atoms with van der Waals surface area (Å²) >= 11 is 0. The maximum atomic E-state index is 12.8. The molecule has 0 radical (unpaired) electrons. The van der Waals surface area contributed by atoms with Crippen LogP contribution < -0.4 is 0 Å². The third-order valence-electron chi connectivity index (χ3n) is 6.22. The highest BCUT2D eigenvalue weighted by atomic mass is 16.3. The average molecular weight is 373 g/mol. The Balaban J connectivity index is 1.24. The Morgan fingerprint density at radius 1 is 0.778 bits per heavy atom. The number of carbonyl (C=O) groups excluding carboxylic acids is 3. The Labute approximate surface area is 159 Å². The second kappa shape index (κ2) is 7.74. The van der Waals surface area contributed by atoms with E-state index in [2.05, 4.69) is 0 Å². The lowest BCUT2D eigenvalue weighted by atomic mass is 9.83. The normalized spacial score (nSPS) is 21.9. The van der Waals surface area contributed by atoms with Crippen molar-refractivity contribution in [2.45, 2.75) is 32.1 Å². The summed E-state index contributed by atoms with van der Waals surface area (Å²) in [6, 6.07) is 3.37. The fourth-order valence-corrected chi connectivity index (χ4v) is 4.20. The van der Waals surface area contributed by atoms with Gasteiger partial charge in [-0.25, -0.2) is 0 Å². The summed E-state index contributed by atoms with van der Waals surface area (Å²) in [5.74, 6) is 0.932. The van der Waals surface area contributed by atoms with Crippen LogP contribution in [0.1, 0.15) is 42.7 Å². The van der Waals surface area contributed by atoms with E-state index in [9.17, 15) is 14.4 Å². The monoisotopic (exact) mass is 373 g/mol. The molecule has 2 saturated heterocycles. The molecule has 3 fully saturated rings. The molecule has 1 aromatic heterocycles. The number of rotatable bonds is 3. The molecule has 7 nitrogen and oxygen atoms in total. The van der Waals surface area contributed by atoms with Crippen molar-refractivity contribution >= 4 is 17.7 Å². The van der Waals surface area contributed by atoms with Gasteiger partial charge >= 0.3 is 0 Å². The van der Waals surface area contributed by atoms with Gasteiger partial charge in [-0.05, 0) is 37.8 Å². The Morgan fingerprint density at radius 2 is 1.33 bits per heavy atom. The minimum atomic E-state index is -0.116. The van der Waals surface area contributed by atoms with Gasteiger partial charge in [-0.2, -0.15) is 0 Å². The number of piperidine rings is 1. The number of furan rings is 1. The van der Waals surface area contributed by atoms with Crippen molar-refractivity contribution < 1.29 is 18.8 Å². The molecule has 0 unspecified atom stereocenters. The molecule has 0 bridgehead atoms. The molecule has 2 aliphatic heterocycles. The topological polar surface area (TPSA) is 74.1 Å². The van der Waals surface area contributed by atoms with Crippen LogP contribution in [0.25, 0.3) is 0 Å². The number of nitrogens with zero attached hydrogens (tertiary/aromatic N) is 3. The Bertz CT molecular complexity index is 682. The van der Waals surface area contributed by atoms with Gasteiger partial charge in [0.1, 0.15) is 0 Å². The molecule has 1 aliphatic carbocycles. The smallest absolute Gasteiger partial charge is 0.289 e. The lowest BCUT2D eigenvalue weighted by Crippen LogP contribution is -2.53. The molecular weight excluding hydrogens is 346 g/mol. The highest BCUT2D eigenvalue weighted by Gasteiger charge is 2.35. The number of likely N-dealkylation sites (tertiary alicyclic amines) is 1. The van der Waals surface area contributed by atoms with Crippen LogP contribution >= 0.6 is 0 Å². The van der Waals surface area contributed by atoms with Crippen molar-refractivity contribution in [1.29, 1.82) is 0 Å². The molecular formula is C20H27N3O4. The maximum Gasteiger partial charge on any atom is 0.289 e. The van der Waals surface area contributed by atoms with Crippen molar-refractivity contribution in [2.24, 2.45) is 11.8 Å². The summed E-state index contributed by atoms with van der Waals surface area (Å²) in [5, 5.41) is 0. The molecule has 146 valence electrons. The molecule has 27 heavy (non-hydrogen) atoms. The standard InChI is InChI=1S/C20H27N3O4/c24-18(15-3-1-4-15)21-8-6-16(7-9-21)19(25)22-10-12-23(13-11-22)20(26)17-5-2-14-27-17/h2,5,14-16H,1,3-4,6-13H2. The molecule has 3 heterocycles. The highest BCUT2D eigenvalue weighted by molar-refractivity contribution is 5.91. The number of amides is 3. The summed E-state index contributed by atoms with van der Waals surface area (Å²) in [6.45, 7) is 3.58. The van der Waals surface area contributed by atoms with Crippen molar-refractivity contribution in [3.8, 4) is 0 Å². The second-order valence-corrected chi connectivity index (χ2v) is 7.82. The third-order valence-corrected chi connectivity index (χ3v) is 6.22. The van der Waals surface area contributed by atoms with Gasteiger partial charge in [0.05, 0.1) is 6.26 Å². The van der Waals surface area contributed by atoms with Crippen molar-refractivity contribution in [2.75, 3.05) is 39.3 Å². The molecule has 0 aromatic carbocycles. The van der Waals surface area contributed by atoms with E-state index in [1.807, 2.05) is 9.80 Å². The predicted octanol–water partition coefficient (Wildman–Crippen LogP) is 1.60. The SMILES string of the molecule is O=C(c1ccco1)N1CCN(C(=O)C2CCN(C(=O)C3CCC3)CC2)CC1. The molecule has 3 aliphatic rings. The zero-order valence-electron chi connectivity index (χ0n) is 15.6. The minimum Gasteiger partial charge on any atom is -0.459 e. The van der Waals surface area contributed by atoms with Crippen LogP contribution in [-0.2, 0) is 9.59 Å². The van der Waals surface area contributed by atoms with Gasteiger partial charge in [-0.3, -0.25) is 14.4 Å². The van der Waals surface area contributed by atoms with E-state index in [1.165, 1.54) is 12.7 Å². The van der Waals surface area contributed by atoms with E-state index < -0.39 is 0 Å². The number of carbonyl (C=O) groups is 3. The largest absolute Gasteiger partial charge is 0.459 e. The molecule has 1 aromatic rings. The number of hydrogen-bond acceptors (Lipinski definition) is 4. The lowest BCUT2D eigenvalue weighted by molar-refractivity contribution is -0.144. The van der Waals surface area contributed by atoms with Crippen molar-refractivity contribution in [1.82, 2.24) is 14.7 Å². The number of piperazine rings is 1. The lowest BCUT2D eigenvalue weighted by Gasteiger charge is -2.39. The van der Waals surface area contributed by atoms with Crippen molar-refractivity contribution in [3.05, 3.63) is 24.2 Å².